The number of aryl methyl sites for hydroxylation is 1. The standard InChI is InChI=1S/C8H7F3N2O4/c9-8(10,11)7(15)16-6(14)3-1-2-5-4-12-13-17-5/h4H,1-3H2. The highest BCUT2D eigenvalue weighted by Gasteiger charge is 2.42. The first kappa shape index (κ1) is 13.1. The highest BCUT2D eigenvalue weighted by Crippen LogP contribution is 2.17. The van der Waals surface area contributed by atoms with Crippen molar-refractivity contribution in [2.24, 2.45) is 0 Å². The molecule has 0 aliphatic heterocycles. The number of carbonyl (C=O) groups is 2. The topological polar surface area (TPSA) is 82.3 Å². The lowest BCUT2D eigenvalue weighted by Gasteiger charge is -2.04. The number of esters is 2. The lowest BCUT2D eigenvalue weighted by atomic mass is 10.2. The quantitative estimate of drug-likeness (QED) is 0.587. The highest BCUT2D eigenvalue weighted by atomic mass is 19.4. The van der Waals surface area contributed by atoms with Crippen LogP contribution in [-0.2, 0) is 20.7 Å². The van der Waals surface area contributed by atoms with Crippen molar-refractivity contribution in [2.45, 2.75) is 25.4 Å². The van der Waals surface area contributed by atoms with Crippen molar-refractivity contribution >= 4 is 11.9 Å². The van der Waals surface area contributed by atoms with Crippen molar-refractivity contribution in [3.8, 4) is 0 Å². The Balaban J connectivity index is 2.24. The molecule has 1 aromatic heterocycles. The molecule has 0 bridgehead atoms. The van der Waals surface area contributed by atoms with E-state index in [2.05, 4.69) is 19.6 Å². The average molecular weight is 252 g/mol. The Morgan fingerprint density at radius 2 is 2.12 bits per heavy atom. The number of alkyl halides is 3. The van der Waals surface area contributed by atoms with Gasteiger partial charge in [-0.2, -0.15) is 13.2 Å². The van der Waals surface area contributed by atoms with Crippen LogP contribution in [0.3, 0.4) is 0 Å². The predicted octanol–water partition coefficient (Wildman–Crippen LogP) is 1.02. The molecule has 0 N–H and O–H groups in total. The highest BCUT2D eigenvalue weighted by molar-refractivity contribution is 5.88. The second-order valence-corrected chi connectivity index (χ2v) is 3.00. The third-order valence-electron chi connectivity index (χ3n) is 1.65. The molecule has 0 radical (unpaired) electrons. The molecule has 0 saturated heterocycles. The molecule has 0 saturated carbocycles. The smallest absolute Gasteiger partial charge is 0.386 e. The minimum atomic E-state index is -5.16. The second-order valence-electron chi connectivity index (χ2n) is 3.00. The minimum Gasteiger partial charge on any atom is -0.386 e. The van der Waals surface area contributed by atoms with Gasteiger partial charge in [-0.15, -0.1) is 5.10 Å². The number of aromatic nitrogens is 2. The van der Waals surface area contributed by atoms with E-state index in [1.165, 1.54) is 6.20 Å². The third kappa shape index (κ3) is 4.62. The van der Waals surface area contributed by atoms with Crippen LogP contribution in [0.5, 0.6) is 0 Å². The summed E-state index contributed by atoms with van der Waals surface area (Å²) in [6.07, 6.45) is -3.75. The number of halogens is 3. The molecular formula is C8H7F3N2O4. The molecule has 1 heterocycles. The first-order valence-corrected chi connectivity index (χ1v) is 4.47. The molecule has 17 heavy (non-hydrogen) atoms. The first-order valence-electron chi connectivity index (χ1n) is 4.47. The van der Waals surface area contributed by atoms with Gasteiger partial charge >= 0.3 is 18.1 Å². The Labute approximate surface area is 92.7 Å². The normalized spacial score (nSPS) is 11.2. The van der Waals surface area contributed by atoms with Crippen molar-refractivity contribution < 1.29 is 32.0 Å². The molecule has 94 valence electrons. The molecule has 1 aromatic rings. The Morgan fingerprint density at radius 3 is 2.65 bits per heavy atom. The van der Waals surface area contributed by atoms with Gasteiger partial charge in [0.2, 0.25) is 0 Å². The van der Waals surface area contributed by atoms with Crippen molar-refractivity contribution in [2.75, 3.05) is 0 Å². The fraction of sp³-hybridized carbons (Fsp3) is 0.500. The minimum absolute atomic E-state index is 0.168. The van der Waals surface area contributed by atoms with Gasteiger partial charge in [0.15, 0.2) is 5.76 Å². The van der Waals surface area contributed by atoms with Crippen LogP contribution in [0.25, 0.3) is 0 Å². The van der Waals surface area contributed by atoms with Crippen molar-refractivity contribution in [3.05, 3.63) is 12.0 Å². The number of nitrogens with zero attached hydrogens (tertiary/aromatic N) is 2. The van der Waals surface area contributed by atoms with Crippen molar-refractivity contribution in [1.29, 1.82) is 0 Å². The summed E-state index contributed by atoms with van der Waals surface area (Å²) in [5, 5.41) is 6.52. The van der Waals surface area contributed by atoms with Crippen molar-refractivity contribution in [3.63, 3.8) is 0 Å². The fourth-order valence-corrected chi connectivity index (χ4v) is 0.917. The summed E-state index contributed by atoms with van der Waals surface area (Å²) in [7, 11) is 0. The zero-order valence-corrected chi connectivity index (χ0v) is 8.36. The van der Waals surface area contributed by atoms with Crippen LogP contribution in [0.1, 0.15) is 18.6 Å². The van der Waals surface area contributed by atoms with Gasteiger partial charge in [-0.05, 0) is 6.42 Å². The van der Waals surface area contributed by atoms with Crippen LogP contribution < -0.4 is 0 Å². The van der Waals surface area contributed by atoms with Crippen LogP contribution >= 0.6 is 0 Å². The maximum absolute atomic E-state index is 11.7. The van der Waals surface area contributed by atoms with Crippen LogP contribution in [0, 0.1) is 0 Å². The first-order chi connectivity index (χ1) is 7.89. The number of rotatable bonds is 4. The lowest BCUT2D eigenvalue weighted by molar-refractivity contribution is -0.201. The Kier molecular flexibility index (Phi) is 4.18. The summed E-state index contributed by atoms with van der Waals surface area (Å²) >= 11 is 0. The van der Waals surface area contributed by atoms with Gasteiger partial charge in [0.1, 0.15) is 0 Å². The molecule has 0 aliphatic rings. The van der Waals surface area contributed by atoms with Gasteiger partial charge in [-0.1, -0.05) is 0 Å². The van der Waals surface area contributed by atoms with E-state index in [1.54, 1.807) is 0 Å². The Bertz CT molecular complexity index is 388. The number of hydrogen-bond acceptors (Lipinski definition) is 6. The SMILES string of the molecule is O=C(CCCc1cnno1)OC(=O)C(F)(F)F. The summed E-state index contributed by atoms with van der Waals surface area (Å²) in [6.45, 7) is 0. The number of ether oxygens (including phenoxy) is 1. The van der Waals surface area contributed by atoms with E-state index in [9.17, 15) is 22.8 Å². The third-order valence-corrected chi connectivity index (χ3v) is 1.65. The van der Waals surface area contributed by atoms with E-state index in [4.69, 9.17) is 0 Å². The second kappa shape index (κ2) is 5.41. The van der Waals surface area contributed by atoms with Crippen LogP contribution in [-0.4, -0.2) is 28.5 Å². The molecular weight excluding hydrogens is 245 g/mol. The molecule has 0 unspecified atom stereocenters. The average Bonchev–Trinajstić information content (AvgIpc) is 2.69. The maximum Gasteiger partial charge on any atom is 0.491 e. The molecule has 0 atom stereocenters. The Hall–Kier alpha value is -1.93. The van der Waals surface area contributed by atoms with E-state index >= 15 is 0 Å². The van der Waals surface area contributed by atoms with Crippen LogP contribution in [0.2, 0.25) is 0 Å². The van der Waals surface area contributed by atoms with Crippen LogP contribution in [0.4, 0.5) is 13.2 Å². The molecule has 0 spiro atoms. The van der Waals surface area contributed by atoms with E-state index in [0.717, 1.165) is 0 Å². The van der Waals surface area contributed by atoms with Gasteiger partial charge < -0.3 is 9.26 Å². The van der Waals surface area contributed by atoms with Crippen LogP contribution in [0.15, 0.2) is 10.7 Å². The monoisotopic (exact) mass is 252 g/mol. The summed E-state index contributed by atoms with van der Waals surface area (Å²) < 4.78 is 43.3. The summed E-state index contributed by atoms with van der Waals surface area (Å²) in [5.74, 6) is -3.36. The zero-order chi connectivity index (χ0) is 12.9. The number of hydrogen-bond donors (Lipinski definition) is 0. The lowest BCUT2D eigenvalue weighted by Crippen LogP contribution is -2.27. The molecule has 1 rings (SSSR count). The molecule has 0 fully saturated rings. The molecule has 0 aliphatic carbocycles. The zero-order valence-electron chi connectivity index (χ0n) is 8.36. The van der Waals surface area contributed by atoms with E-state index in [-0.39, 0.29) is 19.3 Å². The summed E-state index contributed by atoms with van der Waals surface area (Å²) in [6, 6.07) is 0. The van der Waals surface area contributed by atoms with Gasteiger partial charge in [0.05, 0.1) is 6.20 Å². The Morgan fingerprint density at radius 1 is 1.41 bits per heavy atom. The van der Waals surface area contributed by atoms with E-state index < -0.39 is 18.1 Å². The largest absolute Gasteiger partial charge is 0.491 e. The van der Waals surface area contributed by atoms with E-state index in [0.29, 0.717) is 5.76 Å². The van der Waals surface area contributed by atoms with E-state index in [1.807, 2.05) is 0 Å². The predicted molar refractivity (Wildman–Crippen MR) is 44.4 cm³/mol. The van der Waals surface area contributed by atoms with Crippen molar-refractivity contribution in [1.82, 2.24) is 10.4 Å². The van der Waals surface area contributed by atoms with Gasteiger partial charge in [-0.25, -0.2) is 4.79 Å². The molecule has 6 nitrogen and oxygen atoms in total. The molecule has 0 aromatic carbocycles. The fourth-order valence-electron chi connectivity index (χ4n) is 0.917. The van der Waals surface area contributed by atoms with Gasteiger partial charge in [0.25, 0.3) is 0 Å². The van der Waals surface area contributed by atoms with Gasteiger partial charge in [0, 0.05) is 18.1 Å². The molecule has 9 heteroatoms. The van der Waals surface area contributed by atoms with Gasteiger partial charge in [-0.3, -0.25) is 4.79 Å². The maximum atomic E-state index is 11.7. The summed E-state index contributed by atoms with van der Waals surface area (Å²) in [5.41, 5.74) is 0. The summed E-state index contributed by atoms with van der Waals surface area (Å²) in [4.78, 5) is 21.1. The molecule has 0 amide bonds. The number of carbonyl (C=O) groups excluding carboxylic acids is 2.